The maximum Gasteiger partial charge on any atom is 0.236 e. The fourth-order valence-electron chi connectivity index (χ4n) is 5.98. The molecule has 3 N–H and O–H groups in total. The van der Waals surface area contributed by atoms with E-state index in [0.29, 0.717) is 12.3 Å². The molecule has 0 radical (unpaired) electrons. The first-order valence-electron chi connectivity index (χ1n) is 11.3. The number of hydrogen-bond acceptors (Lipinski definition) is 3. The van der Waals surface area contributed by atoms with Gasteiger partial charge in [-0.25, -0.2) is 0 Å². The molecule has 3 atom stereocenters. The number of nitrogens with two attached hydrogens (primary N) is 1. The van der Waals surface area contributed by atoms with Crippen molar-refractivity contribution in [2.75, 3.05) is 6.54 Å². The summed E-state index contributed by atoms with van der Waals surface area (Å²) >= 11 is 0. The van der Waals surface area contributed by atoms with Crippen molar-refractivity contribution in [2.45, 2.75) is 70.9 Å². The minimum absolute atomic E-state index is 0.0277. The summed E-state index contributed by atoms with van der Waals surface area (Å²) in [5.41, 5.74) is 7.20. The van der Waals surface area contributed by atoms with Crippen LogP contribution in [0.4, 0.5) is 0 Å². The van der Waals surface area contributed by atoms with Crippen molar-refractivity contribution in [1.29, 1.82) is 0 Å². The van der Waals surface area contributed by atoms with Gasteiger partial charge in [-0.15, -0.1) is 0 Å². The Bertz CT molecular complexity index is 827. The first-order chi connectivity index (χ1) is 14.3. The predicted molar refractivity (Wildman–Crippen MR) is 114 cm³/mol. The van der Waals surface area contributed by atoms with E-state index >= 15 is 0 Å². The number of benzene rings is 1. The molecular formula is C24H33N3O3. The summed E-state index contributed by atoms with van der Waals surface area (Å²) in [6.45, 7) is 4.16. The van der Waals surface area contributed by atoms with Crippen molar-refractivity contribution in [3.63, 3.8) is 0 Å². The van der Waals surface area contributed by atoms with E-state index in [9.17, 15) is 14.4 Å². The third-order valence-electron chi connectivity index (χ3n) is 7.44. The molecule has 162 valence electrons. The lowest BCUT2D eigenvalue weighted by molar-refractivity contribution is -0.140. The number of carbonyl (C=O) groups is 3. The van der Waals surface area contributed by atoms with Crippen LogP contribution in [-0.4, -0.2) is 41.2 Å². The van der Waals surface area contributed by atoms with Crippen molar-refractivity contribution in [2.24, 2.45) is 23.0 Å². The van der Waals surface area contributed by atoms with Crippen molar-refractivity contribution in [3.8, 4) is 0 Å². The second-order valence-electron chi connectivity index (χ2n) is 9.81. The van der Waals surface area contributed by atoms with Crippen LogP contribution in [0, 0.1) is 17.3 Å². The highest BCUT2D eigenvalue weighted by Gasteiger charge is 2.61. The summed E-state index contributed by atoms with van der Waals surface area (Å²) in [6.07, 6.45) is 5.76. The maximum absolute atomic E-state index is 13.6. The molecule has 3 aliphatic rings. The number of nitrogens with one attached hydrogen (secondary N) is 1. The van der Waals surface area contributed by atoms with E-state index in [0.717, 1.165) is 38.5 Å². The quantitative estimate of drug-likeness (QED) is 0.720. The predicted octanol–water partition coefficient (Wildman–Crippen LogP) is 2.19. The van der Waals surface area contributed by atoms with Gasteiger partial charge in [-0.2, -0.15) is 0 Å². The molecule has 0 aromatic heterocycles. The molecule has 1 aromatic carbocycles. The number of nitrogens with zero attached hydrogens (tertiary/aromatic N) is 1. The highest BCUT2D eigenvalue weighted by Crippen LogP contribution is 2.53. The van der Waals surface area contributed by atoms with Gasteiger partial charge in [0.2, 0.25) is 17.7 Å². The van der Waals surface area contributed by atoms with Crippen LogP contribution in [0.15, 0.2) is 24.3 Å². The minimum atomic E-state index is -0.607. The molecule has 6 nitrogen and oxygen atoms in total. The molecule has 2 bridgehead atoms. The molecule has 0 spiro atoms. The van der Waals surface area contributed by atoms with Crippen LogP contribution in [0.1, 0.15) is 57.1 Å². The zero-order valence-corrected chi connectivity index (χ0v) is 18.0. The van der Waals surface area contributed by atoms with Gasteiger partial charge in [-0.3, -0.25) is 14.4 Å². The number of hydrogen-bond donors (Lipinski definition) is 2. The van der Waals surface area contributed by atoms with Crippen LogP contribution in [0.25, 0.3) is 0 Å². The second-order valence-corrected chi connectivity index (χ2v) is 9.81. The van der Waals surface area contributed by atoms with Crippen LogP contribution in [0.3, 0.4) is 0 Å². The van der Waals surface area contributed by atoms with Gasteiger partial charge in [0.1, 0.15) is 0 Å². The maximum atomic E-state index is 13.6. The molecule has 2 saturated heterocycles. The molecule has 6 heteroatoms. The molecule has 1 aromatic rings. The van der Waals surface area contributed by atoms with Crippen LogP contribution >= 0.6 is 0 Å². The van der Waals surface area contributed by atoms with Crippen LogP contribution in [0.2, 0.25) is 0 Å². The van der Waals surface area contributed by atoms with Gasteiger partial charge in [0.25, 0.3) is 0 Å². The zero-order chi connectivity index (χ0) is 21.5. The van der Waals surface area contributed by atoms with Crippen LogP contribution in [0.5, 0.6) is 0 Å². The van der Waals surface area contributed by atoms with Crippen molar-refractivity contribution < 1.29 is 14.4 Å². The van der Waals surface area contributed by atoms with Gasteiger partial charge in [0.15, 0.2) is 0 Å². The number of amides is 3. The molecule has 0 unspecified atom stereocenters. The average molecular weight is 412 g/mol. The normalized spacial score (nSPS) is 27.5. The molecule has 2 heterocycles. The van der Waals surface area contributed by atoms with Gasteiger partial charge < -0.3 is 16.0 Å². The monoisotopic (exact) mass is 411 g/mol. The molecule has 3 amide bonds. The highest BCUT2D eigenvalue weighted by atomic mass is 16.2. The Morgan fingerprint density at radius 1 is 1.17 bits per heavy atom. The number of carbonyl (C=O) groups excluding carboxylic acids is 3. The molecule has 0 saturated carbocycles. The lowest BCUT2D eigenvalue weighted by atomic mass is 9.69. The van der Waals surface area contributed by atoms with Gasteiger partial charge in [0.05, 0.1) is 12.0 Å². The summed E-state index contributed by atoms with van der Waals surface area (Å²) in [5.74, 6) is -0.00449. The Kier molecular flexibility index (Phi) is 5.60. The van der Waals surface area contributed by atoms with E-state index < -0.39 is 11.3 Å². The molecule has 30 heavy (non-hydrogen) atoms. The largest absolute Gasteiger partial charge is 0.368 e. The van der Waals surface area contributed by atoms with E-state index in [-0.39, 0.29) is 36.4 Å². The lowest BCUT2D eigenvalue weighted by Gasteiger charge is -2.37. The highest BCUT2D eigenvalue weighted by molar-refractivity contribution is 5.90. The molecule has 4 rings (SSSR count). The third-order valence-corrected chi connectivity index (χ3v) is 7.44. The number of fused-ring (bicyclic) bond motifs is 3. The topological polar surface area (TPSA) is 92.5 Å². The lowest BCUT2D eigenvalue weighted by Crippen LogP contribution is -2.52. The SMILES string of the molecule is CC(C)CC[C@]1(C(=O)NCC(N)=O)C[C@H]2CC[C@@H]1N2C(=O)C1Cc2ccccc2C1. The van der Waals surface area contributed by atoms with E-state index in [1.165, 1.54) is 11.1 Å². The first kappa shape index (κ1) is 20.9. The van der Waals surface area contributed by atoms with Gasteiger partial charge >= 0.3 is 0 Å². The summed E-state index contributed by atoms with van der Waals surface area (Å²) < 4.78 is 0. The van der Waals surface area contributed by atoms with Crippen LogP contribution < -0.4 is 11.1 Å². The standard InChI is InChI=1S/C24H33N3O3/c1-15(2)9-10-24(23(30)26-14-21(25)28)13-19-7-8-20(24)27(19)22(29)18-11-16-5-3-4-6-17(16)12-18/h3-6,15,18-20H,7-14H2,1-2H3,(H2,25,28)(H,26,30)/t19-,20+,24+/m1/s1. The zero-order valence-electron chi connectivity index (χ0n) is 18.0. The molecule has 1 aliphatic carbocycles. The number of primary amides is 1. The number of rotatable bonds is 7. The Morgan fingerprint density at radius 2 is 1.83 bits per heavy atom. The smallest absolute Gasteiger partial charge is 0.236 e. The Labute approximate surface area is 178 Å². The van der Waals surface area contributed by atoms with Gasteiger partial charge in [-0.05, 0) is 62.0 Å². The Hall–Kier alpha value is -2.37. The first-order valence-corrected chi connectivity index (χ1v) is 11.3. The third kappa shape index (κ3) is 3.61. The minimum Gasteiger partial charge on any atom is -0.368 e. The average Bonchev–Trinajstić information content (AvgIpc) is 3.41. The van der Waals surface area contributed by atoms with Gasteiger partial charge in [0, 0.05) is 18.0 Å². The Balaban J connectivity index is 1.55. The summed E-state index contributed by atoms with van der Waals surface area (Å²) in [5, 5.41) is 2.77. The fourth-order valence-corrected chi connectivity index (χ4v) is 5.98. The Morgan fingerprint density at radius 3 is 2.43 bits per heavy atom. The van der Waals surface area contributed by atoms with Gasteiger partial charge in [-0.1, -0.05) is 38.1 Å². The molecule has 2 aliphatic heterocycles. The summed E-state index contributed by atoms with van der Waals surface area (Å²) in [4.78, 5) is 40.2. The van der Waals surface area contributed by atoms with E-state index in [2.05, 4.69) is 36.2 Å². The molecule has 2 fully saturated rings. The van der Waals surface area contributed by atoms with E-state index in [4.69, 9.17) is 5.73 Å². The van der Waals surface area contributed by atoms with Crippen molar-refractivity contribution in [1.82, 2.24) is 10.2 Å². The van der Waals surface area contributed by atoms with E-state index in [1.807, 2.05) is 12.1 Å². The molecular weight excluding hydrogens is 378 g/mol. The fraction of sp³-hybridized carbons (Fsp3) is 0.625. The summed E-state index contributed by atoms with van der Waals surface area (Å²) in [6, 6.07) is 8.34. The second kappa shape index (κ2) is 8.05. The van der Waals surface area contributed by atoms with Crippen LogP contribution in [-0.2, 0) is 27.2 Å². The van der Waals surface area contributed by atoms with E-state index in [1.54, 1.807) is 0 Å². The summed E-state index contributed by atoms with van der Waals surface area (Å²) in [7, 11) is 0. The van der Waals surface area contributed by atoms with Crippen molar-refractivity contribution >= 4 is 17.7 Å². The van der Waals surface area contributed by atoms with Crippen molar-refractivity contribution in [3.05, 3.63) is 35.4 Å².